The molecule has 0 bridgehead atoms. The van der Waals surface area contributed by atoms with Crippen LogP contribution in [0.4, 0.5) is 23.0 Å². The Balaban J connectivity index is 1.03. The van der Waals surface area contributed by atoms with E-state index in [1.54, 1.807) is 0 Å². The Bertz CT molecular complexity index is 2220. The lowest BCUT2D eigenvalue weighted by Gasteiger charge is -2.24. The van der Waals surface area contributed by atoms with Crippen LogP contribution in [0.2, 0.25) is 0 Å². The van der Waals surface area contributed by atoms with E-state index in [1.807, 2.05) is 74.8 Å². The number of ether oxygens (including phenoxy) is 2. The van der Waals surface area contributed by atoms with E-state index in [2.05, 4.69) is 92.3 Å². The summed E-state index contributed by atoms with van der Waals surface area (Å²) in [6, 6.07) is 24.3. The third-order valence-electron chi connectivity index (χ3n) is 10.1. The van der Waals surface area contributed by atoms with Gasteiger partial charge in [-0.1, -0.05) is 64.1 Å². The first-order valence-corrected chi connectivity index (χ1v) is 18.1. The minimum Gasteiger partial charge on any atom is -0.377 e. The minimum atomic E-state index is -0.324. The molecule has 2 aromatic carbocycles. The topological polar surface area (TPSA) is 196 Å². The largest absolute Gasteiger partial charge is 0.377 e. The predicted octanol–water partition coefficient (Wildman–Crippen LogP) is 5.85. The average molecular weight is 747 g/mol. The van der Waals surface area contributed by atoms with E-state index in [4.69, 9.17) is 9.47 Å². The fraction of sp³-hybridized carbons (Fsp3) is 0.333. The maximum absolute atomic E-state index is 9.67. The fourth-order valence-electron chi connectivity index (χ4n) is 7.25. The van der Waals surface area contributed by atoms with E-state index in [0.717, 1.165) is 22.8 Å². The summed E-state index contributed by atoms with van der Waals surface area (Å²) in [4.78, 5) is 22.1. The fourth-order valence-corrected chi connectivity index (χ4v) is 7.25. The Morgan fingerprint density at radius 3 is 1.29 bits per heavy atom. The van der Waals surface area contributed by atoms with Crippen LogP contribution in [0.15, 0.2) is 59.9 Å². The van der Waals surface area contributed by atoms with Gasteiger partial charge in [0.05, 0.1) is 26.4 Å². The first-order chi connectivity index (χ1) is 27.0. The number of nitrogens with one attached hydrogen (secondary N) is 2. The van der Waals surface area contributed by atoms with Gasteiger partial charge in [0.15, 0.2) is 34.4 Å². The van der Waals surface area contributed by atoms with Crippen LogP contribution in [0, 0.1) is 45.3 Å². The Kier molecular flexibility index (Phi) is 11.3. The zero-order valence-electron chi connectivity index (χ0n) is 32.3. The van der Waals surface area contributed by atoms with Crippen molar-refractivity contribution >= 4 is 35.2 Å². The van der Waals surface area contributed by atoms with Gasteiger partial charge in [0.25, 0.3) is 0 Å². The molecular weight excluding hydrogens is 705 g/mol. The second-order valence-corrected chi connectivity index (χ2v) is 14.3. The maximum atomic E-state index is 9.67. The summed E-state index contributed by atoms with van der Waals surface area (Å²) in [7, 11) is 3.99. The molecule has 0 amide bonds. The standard InChI is InChI=1S/C42H42N12O2/c1-41(2)27-11-7-9-13-35(27)53(5)37(41)21-29-39(51-33(25-45)31(23-43)49-29)47-15-17-55-19-20-56-18-16-48-40-30(50-32(24-44)34(26-46)52-40)22-38-42(3,4)28-12-8-10-14-36(28)54(38)6/h7-14,21-22H,15-20H2,1-6H3,(H,47,51)(H,48,52)/b37-21-,38-22-. The number of likely N-dealkylation sites (N-methyl/N-ethyl adjacent to an activating group) is 2. The first kappa shape index (κ1) is 38.9. The van der Waals surface area contributed by atoms with E-state index in [-0.39, 0.29) is 33.6 Å². The summed E-state index contributed by atoms with van der Waals surface area (Å²) in [6.45, 7) is 10.6. The number of aromatic nitrogens is 4. The Morgan fingerprint density at radius 1 is 0.571 bits per heavy atom. The number of benzene rings is 2. The number of rotatable bonds is 13. The lowest BCUT2D eigenvalue weighted by molar-refractivity contribution is 0.0556. The van der Waals surface area contributed by atoms with Crippen molar-refractivity contribution in [3.05, 3.63) is 105 Å². The monoisotopic (exact) mass is 746 g/mol. The van der Waals surface area contributed by atoms with Crippen molar-refractivity contribution in [2.45, 2.75) is 38.5 Å². The second-order valence-electron chi connectivity index (χ2n) is 14.3. The molecule has 0 aliphatic carbocycles. The van der Waals surface area contributed by atoms with Gasteiger partial charge in [-0.2, -0.15) is 21.0 Å². The van der Waals surface area contributed by atoms with Crippen molar-refractivity contribution in [1.82, 2.24) is 19.9 Å². The van der Waals surface area contributed by atoms with Crippen LogP contribution in [0.25, 0.3) is 12.2 Å². The van der Waals surface area contributed by atoms with Crippen molar-refractivity contribution in [3.63, 3.8) is 0 Å². The molecule has 2 aliphatic heterocycles. The number of para-hydroxylation sites is 2. The third-order valence-corrected chi connectivity index (χ3v) is 10.1. The van der Waals surface area contributed by atoms with E-state index < -0.39 is 0 Å². The van der Waals surface area contributed by atoms with Gasteiger partial charge in [0.1, 0.15) is 35.7 Å². The average Bonchev–Trinajstić information content (AvgIpc) is 3.52. The molecule has 0 radical (unpaired) electrons. The van der Waals surface area contributed by atoms with E-state index in [1.165, 1.54) is 11.1 Å². The predicted molar refractivity (Wildman–Crippen MR) is 213 cm³/mol. The van der Waals surface area contributed by atoms with Gasteiger partial charge in [0, 0.05) is 60.8 Å². The van der Waals surface area contributed by atoms with Crippen molar-refractivity contribution < 1.29 is 9.47 Å². The number of nitriles is 4. The van der Waals surface area contributed by atoms with Gasteiger partial charge in [-0.05, 0) is 35.4 Å². The molecule has 2 aromatic heterocycles. The molecule has 0 saturated heterocycles. The normalized spacial score (nSPS) is 16.1. The number of hydrogen-bond donors (Lipinski definition) is 2. The zero-order valence-corrected chi connectivity index (χ0v) is 32.3. The smallest absolute Gasteiger partial charge is 0.179 e. The summed E-state index contributed by atoms with van der Waals surface area (Å²) in [5.74, 6) is 0.763. The number of allylic oxidation sites excluding steroid dienone is 2. The third kappa shape index (κ3) is 7.45. The molecular formula is C42H42N12O2. The van der Waals surface area contributed by atoms with Crippen LogP contribution in [0.3, 0.4) is 0 Å². The summed E-state index contributed by atoms with van der Waals surface area (Å²) >= 11 is 0. The Hall–Kier alpha value is -6.84. The van der Waals surface area contributed by atoms with E-state index in [0.29, 0.717) is 62.5 Å². The summed E-state index contributed by atoms with van der Waals surface area (Å²) in [6.07, 6.45) is 3.83. The van der Waals surface area contributed by atoms with Crippen molar-refractivity contribution in [1.29, 1.82) is 21.0 Å². The Labute approximate surface area is 327 Å². The number of hydrogen-bond acceptors (Lipinski definition) is 14. The highest BCUT2D eigenvalue weighted by molar-refractivity contribution is 5.78. The molecule has 0 fully saturated rings. The highest BCUT2D eigenvalue weighted by atomic mass is 16.5. The first-order valence-electron chi connectivity index (χ1n) is 18.1. The van der Waals surface area contributed by atoms with Crippen LogP contribution in [0.1, 0.15) is 73.0 Å². The van der Waals surface area contributed by atoms with Gasteiger partial charge in [-0.3, -0.25) is 0 Å². The molecule has 0 atom stereocenters. The number of fused-ring (bicyclic) bond motifs is 2. The van der Waals surface area contributed by atoms with Crippen LogP contribution >= 0.6 is 0 Å². The lowest BCUT2D eigenvalue weighted by Crippen LogP contribution is -2.23. The zero-order chi connectivity index (χ0) is 40.0. The van der Waals surface area contributed by atoms with Crippen LogP contribution < -0.4 is 20.4 Å². The second kappa shape index (κ2) is 16.3. The molecule has 0 unspecified atom stereocenters. The molecule has 282 valence electrons. The minimum absolute atomic E-state index is 0.0370. The molecule has 0 spiro atoms. The highest BCUT2D eigenvalue weighted by Gasteiger charge is 2.39. The number of anilines is 4. The van der Waals surface area contributed by atoms with E-state index in [9.17, 15) is 21.0 Å². The molecule has 14 heteroatoms. The molecule has 4 heterocycles. The maximum Gasteiger partial charge on any atom is 0.179 e. The quantitative estimate of drug-likeness (QED) is 0.155. The highest BCUT2D eigenvalue weighted by Crippen LogP contribution is 2.48. The summed E-state index contributed by atoms with van der Waals surface area (Å²) in [5.41, 5.74) is 6.58. The molecule has 2 N–H and O–H groups in total. The van der Waals surface area contributed by atoms with Gasteiger partial charge in [0.2, 0.25) is 0 Å². The molecule has 4 aromatic rings. The summed E-state index contributed by atoms with van der Waals surface area (Å²) < 4.78 is 11.6. The molecule has 56 heavy (non-hydrogen) atoms. The SMILES string of the molecule is CN1/C(=C\c2nc(C#N)c(C#N)nc2NCCOCCOCCNc2nc(C#N)c(C#N)nc2/C=C2\N(C)c3ccccc3C2(C)C)C(C)(C)c2ccccc21. The molecule has 14 nitrogen and oxygen atoms in total. The van der Waals surface area contributed by atoms with Gasteiger partial charge >= 0.3 is 0 Å². The van der Waals surface area contributed by atoms with E-state index >= 15 is 0 Å². The van der Waals surface area contributed by atoms with Crippen LogP contribution in [0.5, 0.6) is 0 Å². The van der Waals surface area contributed by atoms with Gasteiger partial charge in [-0.25, -0.2) is 19.9 Å². The molecule has 6 rings (SSSR count). The van der Waals surface area contributed by atoms with Gasteiger partial charge in [-0.15, -0.1) is 0 Å². The summed E-state index contributed by atoms with van der Waals surface area (Å²) in [5, 5.41) is 45.1. The Morgan fingerprint density at radius 2 is 0.929 bits per heavy atom. The molecule has 0 saturated carbocycles. The molecule has 2 aliphatic rings. The lowest BCUT2D eigenvalue weighted by atomic mass is 9.83. The number of nitrogens with zero attached hydrogens (tertiary/aromatic N) is 10. The van der Waals surface area contributed by atoms with Crippen molar-refractivity contribution in [3.8, 4) is 24.3 Å². The van der Waals surface area contributed by atoms with Crippen LogP contribution in [-0.2, 0) is 20.3 Å². The van der Waals surface area contributed by atoms with Crippen molar-refractivity contribution in [2.75, 3.05) is 74.0 Å². The van der Waals surface area contributed by atoms with Gasteiger partial charge < -0.3 is 29.9 Å². The van der Waals surface area contributed by atoms with Crippen molar-refractivity contribution in [2.24, 2.45) is 0 Å². The van der Waals surface area contributed by atoms with Crippen LogP contribution in [-0.4, -0.2) is 73.5 Å².